The standard InChI is InChI=1S/C22H21F3N6O3/c23-22(24,25)14-2-5-17(26-12-14)29-6-1-7-30(9-8-29)20(33)13-10-16-18(27-11-13)31(15-3-4-15)21(34)28-19(16)32/h2,5,10-12,15H,1,3-4,6-9H2,(H,28,32,34). The number of fused-ring (bicyclic) bond motifs is 1. The van der Waals surface area contributed by atoms with E-state index < -0.39 is 23.0 Å². The Morgan fingerprint density at radius 3 is 2.50 bits per heavy atom. The number of anilines is 1. The third-order valence-electron chi connectivity index (χ3n) is 6.12. The number of H-pyrrole nitrogens is 1. The van der Waals surface area contributed by atoms with Crippen LogP contribution in [-0.4, -0.2) is 56.5 Å². The minimum Gasteiger partial charge on any atom is -0.355 e. The lowest BCUT2D eigenvalue weighted by atomic mass is 10.2. The molecule has 0 spiro atoms. The van der Waals surface area contributed by atoms with Crippen LogP contribution in [0.1, 0.15) is 41.2 Å². The minimum atomic E-state index is -4.45. The highest BCUT2D eigenvalue weighted by atomic mass is 19.4. The van der Waals surface area contributed by atoms with Crippen LogP contribution in [0.2, 0.25) is 0 Å². The number of nitrogens with one attached hydrogen (secondary N) is 1. The third-order valence-corrected chi connectivity index (χ3v) is 6.12. The zero-order valence-electron chi connectivity index (χ0n) is 18.0. The van der Waals surface area contributed by atoms with Crippen molar-refractivity contribution in [2.75, 3.05) is 31.1 Å². The van der Waals surface area contributed by atoms with Crippen molar-refractivity contribution >= 4 is 22.8 Å². The number of carbonyl (C=O) groups excluding carboxylic acids is 1. The quantitative estimate of drug-likeness (QED) is 0.624. The molecule has 0 aromatic carbocycles. The van der Waals surface area contributed by atoms with E-state index in [2.05, 4.69) is 15.0 Å². The van der Waals surface area contributed by atoms with Crippen molar-refractivity contribution in [1.29, 1.82) is 0 Å². The molecular formula is C22H21F3N6O3. The van der Waals surface area contributed by atoms with Gasteiger partial charge in [-0.25, -0.2) is 14.8 Å². The van der Waals surface area contributed by atoms with E-state index in [0.717, 1.165) is 25.1 Å². The van der Waals surface area contributed by atoms with E-state index in [1.165, 1.54) is 22.9 Å². The molecule has 5 rings (SSSR count). The van der Waals surface area contributed by atoms with Gasteiger partial charge in [0.1, 0.15) is 11.5 Å². The molecule has 178 valence electrons. The average molecular weight is 474 g/mol. The van der Waals surface area contributed by atoms with Crippen LogP contribution >= 0.6 is 0 Å². The molecule has 0 radical (unpaired) electrons. The molecule has 3 aromatic heterocycles. The van der Waals surface area contributed by atoms with E-state index in [9.17, 15) is 27.6 Å². The lowest BCUT2D eigenvalue weighted by Crippen LogP contribution is -2.36. The second kappa shape index (κ2) is 8.26. The van der Waals surface area contributed by atoms with E-state index in [4.69, 9.17) is 0 Å². The lowest BCUT2D eigenvalue weighted by Gasteiger charge is -2.23. The Labute approximate surface area is 190 Å². The zero-order chi connectivity index (χ0) is 24.0. The van der Waals surface area contributed by atoms with Gasteiger partial charge in [-0.3, -0.25) is 19.1 Å². The zero-order valence-corrected chi connectivity index (χ0v) is 18.0. The van der Waals surface area contributed by atoms with Gasteiger partial charge >= 0.3 is 11.9 Å². The molecule has 12 heteroatoms. The molecule has 0 atom stereocenters. The number of aromatic nitrogens is 4. The van der Waals surface area contributed by atoms with Crippen LogP contribution in [-0.2, 0) is 6.18 Å². The first-order chi connectivity index (χ1) is 16.2. The number of alkyl halides is 3. The third kappa shape index (κ3) is 4.15. The molecule has 9 nitrogen and oxygen atoms in total. The van der Waals surface area contributed by atoms with Crippen molar-refractivity contribution in [1.82, 2.24) is 24.4 Å². The second-order valence-electron chi connectivity index (χ2n) is 8.49. The highest BCUT2D eigenvalue weighted by Gasteiger charge is 2.31. The SMILES string of the molecule is O=C(c1cnc2c(c1)c(=O)[nH]c(=O)n2C1CC1)N1CCCN(c2ccc(C(F)(F)F)cn2)CC1. The fraction of sp³-hybridized carbons (Fsp3) is 0.409. The second-order valence-corrected chi connectivity index (χ2v) is 8.49. The van der Waals surface area contributed by atoms with Crippen molar-refractivity contribution in [3.63, 3.8) is 0 Å². The molecule has 3 aromatic rings. The first kappa shape index (κ1) is 22.1. The number of amides is 1. The van der Waals surface area contributed by atoms with Crippen LogP contribution in [0.15, 0.2) is 40.2 Å². The number of nitrogens with zero attached hydrogens (tertiary/aromatic N) is 5. The summed E-state index contributed by atoms with van der Waals surface area (Å²) in [7, 11) is 0. The molecule has 1 saturated carbocycles. The summed E-state index contributed by atoms with van der Waals surface area (Å²) in [6, 6.07) is 3.80. The number of pyridine rings is 2. The first-order valence-corrected chi connectivity index (χ1v) is 10.9. The van der Waals surface area contributed by atoms with Crippen molar-refractivity contribution in [3.05, 3.63) is 62.6 Å². The van der Waals surface area contributed by atoms with E-state index in [1.54, 1.807) is 4.90 Å². The van der Waals surface area contributed by atoms with Gasteiger partial charge in [0.25, 0.3) is 11.5 Å². The predicted octanol–water partition coefficient (Wildman–Crippen LogP) is 2.19. The van der Waals surface area contributed by atoms with Crippen molar-refractivity contribution < 1.29 is 18.0 Å². The number of halogens is 3. The van der Waals surface area contributed by atoms with Gasteiger partial charge < -0.3 is 9.80 Å². The predicted molar refractivity (Wildman–Crippen MR) is 117 cm³/mol. The largest absolute Gasteiger partial charge is 0.417 e. The van der Waals surface area contributed by atoms with Gasteiger partial charge in [-0.05, 0) is 37.5 Å². The van der Waals surface area contributed by atoms with Gasteiger partial charge in [0.15, 0.2) is 0 Å². The number of aromatic amines is 1. The Balaban J connectivity index is 1.34. The Kier molecular flexibility index (Phi) is 5.37. The van der Waals surface area contributed by atoms with Crippen molar-refractivity contribution in [2.45, 2.75) is 31.5 Å². The van der Waals surface area contributed by atoms with Crippen LogP contribution in [0, 0.1) is 0 Å². The molecule has 0 unspecified atom stereocenters. The molecule has 2 aliphatic rings. The highest BCUT2D eigenvalue weighted by Crippen LogP contribution is 2.34. The maximum atomic E-state index is 13.1. The Hall–Kier alpha value is -3.70. The number of hydrogen-bond acceptors (Lipinski definition) is 6. The van der Waals surface area contributed by atoms with Crippen molar-refractivity contribution in [2.24, 2.45) is 0 Å². The Morgan fingerprint density at radius 1 is 1.03 bits per heavy atom. The normalized spacial score (nSPS) is 17.1. The molecule has 1 aliphatic carbocycles. The molecule has 1 saturated heterocycles. The maximum Gasteiger partial charge on any atom is 0.417 e. The van der Waals surface area contributed by atoms with Gasteiger partial charge in [0, 0.05) is 44.6 Å². The van der Waals surface area contributed by atoms with E-state index >= 15 is 0 Å². The number of hydrogen-bond donors (Lipinski definition) is 1. The summed E-state index contributed by atoms with van der Waals surface area (Å²) in [5.41, 5.74) is -1.40. The van der Waals surface area contributed by atoms with Crippen LogP contribution in [0.25, 0.3) is 11.0 Å². The van der Waals surface area contributed by atoms with Crippen LogP contribution in [0.3, 0.4) is 0 Å². The smallest absolute Gasteiger partial charge is 0.355 e. The van der Waals surface area contributed by atoms with E-state index in [0.29, 0.717) is 38.4 Å². The summed E-state index contributed by atoms with van der Waals surface area (Å²) in [6.07, 6.45) is 0.00168. The molecule has 4 heterocycles. The number of carbonyl (C=O) groups is 1. The summed E-state index contributed by atoms with van der Waals surface area (Å²) >= 11 is 0. The Bertz CT molecular complexity index is 1360. The van der Waals surface area contributed by atoms with Crippen LogP contribution in [0.5, 0.6) is 0 Å². The summed E-state index contributed by atoms with van der Waals surface area (Å²) < 4.78 is 39.8. The minimum absolute atomic E-state index is 0.0105. The van der Waals surface area contributed by atoms with E-state index in [-0.39, 0.29) is 28.5 Å². The number of rotatable bonds is 3. The molecule has 0 bridgehead atoms. The fourth-order valence-corrected chi connectivity index (χ4v) is 4.20. The average Bonchev–Trinajstić information content (AvgIpc) is 3.65. The lowest BCUT2D eigenvalue weighted by molar-refractivity contribution is -0.137. The summed E-state index contributed by atoms with van der Waals surface area (Å²) in [6.45, 7) is 1.70. The first-order valence-electron chi connectivity index (χ1n) is 10.9. The fourth-order valence-electron chi connectivity index (χ4n) is 4.20. The maximum absolute atomic E-state index is 13.1. The van der Waals surface area contributed by atoms with Crippen LogP contribution in [0.4, 0.5) is 19.0 Å². The molecule has 34 heavy (non-hydrogen) atoms. The van der Waals surface area contributed by atoms with Crippen LogP contribution < -0.4 is 16.1 Å². The molecular weight excluding hydrogens is 453 g/mol. The summed E-state index contributed by atoms with van der Waals surface area (Å²) in [5, 5.41) is 0.183. The Morgan fingerprint density at radius 2 is 1.82 bits per heavy atom. The summed E-state index contributed by atoms with van der Waals surface area (Å²) in [4.78, 5) is 51.7. The van der Waals surface area contributed by atoms with Gasteiger partial charge in [-0.15, -0.1) is 0 Å². The highest BCUT2D eigenvalue weighted by molar-refractivity contribution is 5.96. The molecule has 1 N–H and O–H groups in total. The topological polar surface area (TPSA) is 104 Å². The molecule has 1 aliphatic heterocycles. The monoisotopic (exact) mass is 474 g/mol. The van der Waals surface area contributed by atoms with Gasteiger partial charge in [-0.1, -0.05) is 0 Å². The van der Waals surface area contributed by atoms with Crippen molar-refractivity contribution in [3.8, 4) is 0 Å². The molecule has 1 amide bonds. The van der Waals surface area contributed by atoms with Gasteiger partial charge in [-0.2, -0.15) is 13.2 Å². The summed E-state index contributed by atoms with van der Waals surface area (Å²) in [5.74, 6) is 0.111. The van der Waals surface area contributed by atoms with E-state index in [1.807, 2.05) is 4.90 Å². The van der Waals surface area contributed by atoms with Gasteiger partial charge in [0.2, 0.25) is 0 Å². The molecule has 2 fully saturated rings. The van der Waals surface area contributed by atoms with Gasteiger partial charge in [0.05, 0.1) is 16.5 Å².